The van der Waals surface area contributed by atoms with Crippen LogP contribution >= 0.6 is 0 Å². The molecule has 0 bridgehead atoms. The van der Waals surface area contributed by atoms with Crippen molar-refractivity contribution < 1.29 is 18.3 Å². The van der Waals surface area contributed by atoms with E-state index >= 15 is 0 Å². The summed E-state index contributed by atoms with van der Waals surface area (Å²) in [7, 11) is -3.63. The van der Waals surface area contributed by atoms with Gasteiger partial charge >= 0.3 is 5.97 Å². The first-order chi connectivity index (χ1) is 9.34. The zero-order valence-electron chi connectivity index (χ0n) is 12.1. The van der Waals surface area contributed by atoms with Crippen molar-refractivity contribution in [2.45, 2.75) is 38.5 Å². The van der Waals surface area contributed by atoms with E-state index in [4.69, 9.17) is 5.11 Å². The summed E-state index contributed by atoms with van der Waals surface area (Å²) in [6.45, 7) is 6.24. The molecule has 112 valence electrons. The molecule has 0 spiro atoms. The van der Waals surface area contributed by atoms with Gasteiger partial charge in [-0.3, -0.25) is 0 Å². The molecule has 0 saturated carbocycles. The molecular weight excluding hydrogens is 278 g/mol. The van der Waals surface area contributed by atoms with Crippen molar-refractivity contribution in [2.24, 2.45) is 0 Å². The Bertz CT molecular complexity index is 581. The lowest BCUT2D eigenvalue weighted by Crippen LogP contribution is -2.32. The highest BCUT2D eigenvalue weighted by Crippen LogP contribution is 2.20. The number of carboxylic acid groups (broad SMARTS) is 1. The first-order valence-electron chi connectivity index (χ1n) is 6.68. The average molecular weight is 299 g/mol. The number of aromatic carboxylic acids is 1. The predicted molar refractivity (Wildman–Crippen MR) is 77.5 cm³/mol. The van der Waals surface area contributed by atoms with Crippen molar-refractivity contribution in [1.82, 2.24) is 4.31 Å². The normalized spacial score (nSPS) is 11.8. The third-order valence-electron chi connectivity index (χ3n) is 3.19. The van der Waals surface area contributed by atoms with Crippen LogP contribution in [0.1, 0.15) is 42.6 Å². The van der Waals surface area contributed by atoms with Crippen LogP contribution in [0, 0.1) is 6.92 Å². The summed E-state index contributed by atoms with van der Waals surface area (Å²) in [6, 6.07) is 4.23. The SMILES string of the molecule is CCCCN(CC)S(=O)(=O)c1ccc(C)c(C(=O)O)c1. The van der Waals surface area contributed by atoms with Gasteiger partial charge in [-0.25, -0.2) is 13.2 Å². The summed E-state index contributed by atoms with van der Waals surface area (Å²) in [5.41, 5.74) is 0.575. The standard InChI is InChI=1S/C14H21NO4S/c1-4-6-9-15(5-2)20(18,19)12-8-7-11(3)13(10-12)14(16)17/h7-8,10H,4-6,9H2,1-3H3,(H,16,17). The summed E-state index contributed by atoms with van der Waals surface area (Å²) in [4.78, 5) is 11.1. The smallest absolute Gasteiger partial charge is 0.335 e. The lowest BCUT2D eigenvalue weighted by molar-refractivity contribution is 0.0696. The second-order valence-corrected chi connectivity index (χ2v) is 6.57. The summed E-state index contributed by atoms with van der Waals surface area (Å²) in [6.07, 6.45) is 1.69. The van der Waals surface area contributed by atoms with Gasteiger partial charge in [0.2, 0.25) is 10.0 Å². The van der Waals surface area contributed by atoms with E-state index in [0.29, 0.717) is 18.7 Å². The van der Waals surface area contributed by atoms with Crippen molar-refractivity contribution in [3.63, 3.8) is 0 Å². The molecule has 0 saturated heterocycles. The van der Waals surface area contributed by atoms with Gasteiger partial charge in [0, 0.05) is 13.1 Å². The Balaban J connectivity index is 3.20. The van der Waals surface area contributed by atoms with Crippen LogP contribution in [-0.2, 0) is 10.0 Å². The Labute approximate surface area is 120 Å². The van der Waals surface area contributed by atoms with Crippen molar-refractivity contribution in [3.05, 3.63) is 29.3 Å². The molecule has 0 radical (unpaired) electrons. The van der Waals surface area contributed by atoms with Crippen LogP contribution < -0.4 is 0 Å². The van der Waals surface area contributed by atoms with E-state index in [9.17, 15) is 13.2 Å². The Morgan fingerprint density at radius 2 is 1.95 bits per heavy atom. The Kier molecular flexibility index (Phi) is 5.71. The number of hydrogen-bond acceptors (Lipinski definition) is 3. The minimum absolute atomic E-state index is 0.0256. The third-order valence-corrected chi connectivity index (χ3v) is 5.16. The fourth-order valence-corrected chi connectivity index (χ4v) is 3.44. The maximum absolute atomic E-state index is 12.5. The number of sulfonamides is 1. The molecule has 1 aromatic carbocycles. The first kappa shape index (κ1) is 16.7. The molecule has 1 rings (SSSR count). The molecule has 1 aromatic rings. The second kappa shape index (κ2) is 6.85. The molecule has 0 aliphatic carbocycles. The fraction of sp³-hybridized carbons (Fsp3) is 0.500. The van der Waals surface area contributed by atoms with Gasteiger partial charge in [-0.15, -0.1) is 0 Å². The first-order valence-corrected chi connectivity index (χ1v) is 8.12. The lowest BCUT2D eigenvalue weighted by Gasteiger charge is -2.20. The van der Waals surface area contributed by atoms with Crippen molar-refractivity contribution >= 4 is 16.0 Å². The molecule has 0 aliphatic heterocycles. The Hall–Kier alpha value is -1.40. The van der Waals surface area contributed by atoms with Gasteiger partial charge in [0.15, 0.2) is 0 Å². The van der Waals surface area contributed by atoms with Crippen LogP contribution in [0.5, 0.6) is 0 Å². The summed E-state index contributed by atoms with van der Waals surface area (Å²) < 4.78 is 26.4. The van der Waals surface area contributed by atoms with E-state index in [1.54, 1.807) is 13.8 Å². The number of carbonyl (C=O) groups is 1. The van der Waals surface area contributed by atoms with E-state index < -0.39 is 16.0 Å². The van der Waals surface area contributed by atoms with Crippen LogP contribution in [-0.4, -0.2) is 36.9 Å². The van der Waals surface area contributed by atoms with E-state index in [2.05, 4.69) is 0 Å². The third kappa shape index (κ3) is 3.58. The molecule has 20 heavy (non-hydrogen) atoms. The number of hydrogen-bond donors (Lipinski definition) is 1. The van der Waals surface area contributed by atoms with Gasteiger partial charge < -0.3 is 5.11 Å². The average Bonchev–Trinajstić information content (AvgIpc) is 2.39. The quantitative estimate of drug-likeness (QED) is 0.839. The summed E-state index contributed by atoms with van der Waals surface area (Å²) in [5, 5.41) is 9.08. The number of aryl methyl sites for hydroxylation is 1. The molecule has 1 N–H and O–H groups in total. The van der Waals surface area contributed by atoms with Crippen LogP contribution in [0.2, 0.25) is 0 Å². The largest absolute Gasteiger partial charge is 0.478 e. The number of nitrogens with zero attached hydrogens (tertiary/aromatic N) is 1. The van der Waals surface area contributed by atoms with E-state index in [-0.39, 0.29) is 10.5 Å². The van der Waals surface area contributed by atoms with Crippen LogP contribution in [0.15, 0.2) is 23.1 Å². The molecule has 0 aromatic heterocycles. The Morgan fingerprint density at radius 1 is 1.30 bits per heavy atom. The molecule has 0 fully saturated rings. The highest BCUT2D eigenvalue weighted by molar-refractivity contribution is 7.89. The van der Waals surface area contributed by atoms with Gasteiger partial charge in [-0.05, 0) is 31.0 Å². The highest BCUT2D eigenvalue weighted by atomic mass is 32.2. The zero-order chi connectivity index (χ0) is 15.3. The van der Waals surface area contributed by atoms with E-state index in [1.807, 2.05) is 6.92 Å². The molecule has 0 aliphatic rings. The van der Waals surface area contributed by atoms with E-state index in [1.165, 1.54) is 22.5 Å². The lowest BCUT2D eigenvalue weighted by atomic mass is 10.1. The van der Waals surface area contributed by atoms with E-state index in [0.717, 1.165) is 12.8 Å². The molecular formula is C14H21NO4S. The number of benzene rings is 1. The van der Waals surface area contributed by atoms with Gasteiger partial charge in [0.1, 0.15) is 0 Å². The van der Waals surface area contributed by atoms with Gasteiger partial charge in [0.25, 0.3) is 0 Å². The molecule has 0 atom stereocenters. The predicted octanol–water partition coefficient (Wildman–Crippen LogP) is 2.50. The second-order valence-electron chi connectivity index (χ2n) is 4.63. The van der Waals surface area contributed by atoms with Gasteiger partial charge in [-0.2, -0.15) is 4.31 Å². The summed E-state index contributed by atoms with van der Waals surface area (Å²) >= 11 is 0. The Morgan fingerprint density at radius 3 is 2.45 bits per heavy atom. The highest BCUT2D eigenvalue weighted by Gasteiger charge is 2.24. The van der Waals surface area contributed by atoms with Crippen LogP contribution in [0.25, 0.3) is 0 Å². The van der Waals surface area contributed by atoms with Crippen molar-refractivity contribution in [3.8, 4) is 0 Å². The maximum Gasteiger partial charge on any atom is 0.335 e. The van der Waals surface area contributed by atoms with Crippen LogP contribution in [0.3, 0.4) is 0 Å². The molecule has 0 amide bonds. The summed E-state index contributed by atoms with van der Waals surface area (Å²) in [5.74, 6) is -1.11. The van der Waals surface area contributed by atoms with Gasteiger partial charge in [-0.1, -0.05) is 26.3 Å². The van der Waals surface area contributed by atoms with Gasteiger partial charge in [0.05, 0.1) is 10.5 Å². The molecule has 5 nitrogen and oxygen atoms in total. The minimum Gasteiger partial charge on any atom is -0.478 e. The number of rotatable bonds is 7. The topological polar surface area (TPSA) is 74.7 Å². The minimum atomic E-state index is -3.63. The van der Waals surface area contributed by atoms with Crippen molar-refractivity contribution in [2.75, 3.05) is 13.1 Å². The van der Waals surface area contributed by atoms with Crippen LogP contribution in [0.4, 0.5) is 0 Å². The number of carboxylic acids is 1. The molecule has 0 unspecified atom stereocenters. The monoisotopic (exact) mass is 299 g/mol. The maximum atomic E-state index is 12.5. The fourth-order valence-electron chi connectivity index (χ4n) is 1.92. The molecule has 6 heteroatoms. The number of unbranched alkanes of at least 4 members (excludes halogenated alkanes) is 1. The van der Waals surface area contributed by atoms with Crippen molar-refractivity contribution in [1.29, 1.82) is 0 Å². The molecule has 0 heterocycles. The zero-order valence-corrected chi connectivity index (χ0v) is 12.9.